The van der Waals surface area contributed by atoms with Crippen molar-refractivity contribution in [3.63, 3.8) is 0 Å². The van der Waals surface area contributed by atoms with Crippen LogP contribution in [0.25, 0.3) is 0 Å². The molecular formula is C6H12O3. The maximum atomic E-state index is 4.72. The Balaban J connectivity index is 0.0000000922. The average molecular weight is 132 g/mol. The Bertz CT molecular complexity index is 45.7. The third kappa shape index (κ3) is 3.46. The summed E-state index contributed by atoms with van der Waals surface area (Å²) in [5.41, 5.74) is 0. The first-order chi connectivity index (χ1) is 4.50. The van der Waals surface area contributed by atoms with Crippen molar-refractivity contribution in [2.45, 2.75) is 6.42 Å². The van der Waals surface area contributed by atoms with Gasteiger partial charge < -0.3 is 14.2 Å². The van der Waals surface area contributed by atoms with Crippen LogP contribution in [0, 0.1) is 0 Å². The van der Waals surface area contributed by atoms with Crippen LogP contribution in [0.1, 0.15) is 6.42 Å². The summed E-state index contributed by atoms with van der Waals surface area (Å²) in [5.74, 6) is 0. The van der Waals surface area contributed by atoms with Crippen molar-refractivity contribution in [2.24, 2.45) is 0 Å². The lowest BCUT2D eigenvalue weighted by Crippen LogP contribution is -2.09. The highest BCUT2D eigenvalue weighted by molar-refractivity contribution is 4.41. The smallest absolute Gasteiger partial charge is 0.146 e. The summed E-state index contributed by atoms with van der Waals surface area (Å²) in [5, 5.41) is 0. The van der Waals surface area contributed by atoms with Gasteiger partial charge in [-0.3, -0.25) is 0 Å². The molecule has 2 rings (SSSR count). The highest BCUT2D eigenvalue weighted by Crippen LogP contribution is 1.93. The fourth-order valence-corrected chi connectivity index (χ4v) is 0.439. The molecule has 2 aliphatic heterocycles. The van der Waals surface area contributed by atoms with E-state index in [2.05, 4.69) is 0 Å². The topological polar surface area (TPSA) is 27.7 Å². The second-order valence-corrected chi connectivity index (χ2v) is 1.90. The molecule has 0 N–H and O–H groups in total. The van der Waals surface area contributed by atoms with Crippen LogP contribution in [-0.2, 0) is 14.2 Å². The highest BCUT2D eigenvalue weighted by Gasteiger charge is 1.94. The molecule has 0 saturated carbocycles. The summed E-state index contributed by atoms with van der Waals surface area (Å²) < 4.78 is 14.2. The van der Waals surface area contributed by atoms with Gasteiger partial charge >= 0.3 is 0 Å². The van der Waals surface area contributed by atoms with Gasteiger partial charge in [0, 0.05) is 13.2 Å². The molecular weight excluding hydrogens is 120 g/mol. The fourth-order valence-electron chi connectivity index (χ4n) is 0.439. The minimum Gasteiger partial charge on any atom is -0.381 e. The Kier molecular flexibility index (Phi) is 3.68. The van der Waals surface area contributed by atoms with Crippen LogP contribution in [0.5, 0.6) is 0 Å². The Morgan fingerprint density at radius 3 is 1.22 bits per heavy atom. The van der Waals surface area contributed by atoms with Crippen molar-refractivity contribution in [2.75, 3.05) is 33.2 Å². The molecule has 0 aromatic heterocycles. The summed E-state index contributed by atoms with van der Waals surface area (Å²) in [6, 6.07) is 0. The van der Waals surface area contributed by atoms with Crippen LogP contribution in [-0.4, -0.2) is 33.2 Å². The average Bonchev–Trinajstić information content (AvgIpc) is 2.07. The zero-order chi connectivity index (χ0) is 6.36. The normalized spacial score (nSPS) is 24.0. The molecule has 2 aliphatic rings. The predicted octanol–water partition coefficient (Wildman–Crippen LogP) is 0.397. The zero-order valence-corrected chi connectivity index (χ0v) is 5.47. The van der Waals surface area contributed by atoms with E-state index in [-0.39, 0.29) is 0 Å². The van der Waals surface area contributed by atoms with Gasteiger partial charge in [0.1, 0.15) is 6.79 Å². The number of hydrogen-bond acceptors (Lipinski definition) is 3. The van der Waals surface area contributed by atoms with Gasteiger partial charge in [-0.25, -0.2) is 0 Å². The number of rotatable bonds is 0. The van der Waals surface area contributed by atoms with E-state index < -0.39 is 0 Å². The molecule has 0 aromatic rings. The van der Waals surface area contributed by atoms with Gasteiger partial charge in [-0.1, -0.05) is 0 Å². The summed E-state index contributed by atoms with van der Waals surface area (Å²) >= 11 is 0. The van der Waals surface area contributed by atoms with Crippen molar-refractivity contribution in [3.8, 4) is 0 Å². The predicted molar refractivity (Wildman–Crippen MR) is 32.2 cm³/mol. The first-order valence-corrected chi connectivity index (χ1v) is 3.23. The second-order valence-electron chi connectivity index (χ2n) is 1.90. The van der Waals surface area contributed by atoms with Crippen LogP contribution in [0.4, 0.5) is 0 Å². The summed E-state index contributed by atoms with van der Waals surface area (Å²) in [6.07, 6.45) is 1.28. The summed E-state index contributed by atoms with van der Waals surface area (Å²) in [6.45, 7) is 4.06. The number of hydrogen-bond donors (Lipinski definition) is 0. The molecule has 0 unspecified atom stereocenters. The summed E-state index contributed by atoms with van der Waals surface area (Å²) in [4.78, 5) is 0. The molecule has 0 aliphatic carbocycles. The molecule has 0 bridgehead atoms. The lowest BCUT2D eigenvalue weighted by Gasteiger charge is -2.09. The maximum absolute atomic E-state index is 4.72. The van der Waals surface area contributed by atoms with E-state index in [0.29, 0.717) is 6.79 Å². The Hall–Kier alpha value is -0.120. The van der Waals surface area contributed by atoms with Crippen molar-refractivity contribution in [1.29, 1.82) is 0 Å². The van der Waals surface area contributed by atoms with Gasteiger partial charge in [0.2, 0.25) is 0 Å². The Labute approximate surface area is 54.9 Å². The standard InChI is InChI=1S/C3H6O2.C3H6O/c1-2-5-3-4-1;1-2-4-3-1/h1-3H2;1-3H2. The Morgan fingerprint density at radius 2 is 1.11 bits per heavy atom. The fraction of sp³-hybridized carbons (Fsp3) is 1.00. The molecule has 0 amide bonds. The van der Waals surface area contributed by atoms with Crippen LogP contribution < -0.4 is 0 Å². The molecule has 0 spiro atoms. The number of ether oxygens (including phenoxy) is 3. The van der Waals surface area contributed by atoms with E-state index in [9.17, 15) is 0 Å². The van der Waals surface area contributed by atoms with E-state index in [1.165, 1.54) is 6.42 Å². The van der Waals surface area contributed by atoms with Crippen molar-refractivity contribution < 1.29 is 14.2 Å². The van der Waals surface area contributed by atoms with Gasteiger partial charge in [-0.05, 0) is 6.42 Å². The molecule has 3 heteroatoms. The third-order valence-corrected chi connectivity index (χ3v) is 1.12. The third-order valence-electron chi connectivity index (χ3n) is 1.12. The van der Waals surface area contributed by atoms with E-state index in [0.717, 1.165) is 26.4 Å². The van der Waals surface area contributed by atoms with Crippen LogP contribution in [0.3, 0.4) is 0 Å². The molecule has 0 atom stereocenters. The molecule has 9 heavy (non-hydrogen) atoms. The highest BCUT2D eigenvalue weighted by atomic mass is 16.7. The van der Waals surface area contributed by atoms with Crippen LogP contribution in [0.2, 0.25) is 0 Å². The van der Waals surface area contributed by atoms with Crippen molar-refractivity contribution in [1.82, 2.24) is 0 Å². The molecule has 3 nitrogen and oxygen atoms in total. The van der Waals surface area contributed by atoms with Crippen LogP contribution >= 0.6 is 0 Å². The minimum absolute atomic E-state index is 0.500. The first kappa shape index (κ1) is 6.99. The van der Waals surface area contributed by atoms with E-state index in [1.807, 2.05) is 0 Å². The molecule has 2 saturated heterocycles. The van der Waals surface area contributed by atoms with Crippen LogP contribution in [0.15, 0.2) is 0 Å². The van der Waals surface area contributed by atoms with E-state index in [1.54, 1.807) is 0 Å². The quantitative estimate of drug-likeness (QED) is 0.477. The lowest BCUT2D eigenvalue weighted by atomic mass is 10.4. The largest absolute Gasteiger partial charge is 0.381 e. The summed E-state index contributed by atoms with van der Waals surface area (Å²) in [7, 11) is 0. The monoisotopic (exact) mass is 132 g/mol. The van der Waals surface area contributed by atoms with E-state index in [4.69, 9.17) is 14.2 Å². The molecule has 2 heterocycles. The minimum atomic E-state index is 0.500. The molecule has 2 fully saturated rings. The molecule has 0 radical (unpaired) electrons. The first-order valence-electron chi connectivity index (χ1n) is 3.23. The van der Waals surface area contributed by atoms with Crippen molar-refractivity contribution in [3.05, 3.63) is 0 Å². The van der Waals surface area contributed by atoms with Gasteiger partial charge in [-0.15, -0.1) is 0 Å². The van der Waals surface area contributed by atoms with Gasteiger partial charge in [-0.2, -0.15) is 0 Å². The maximum Gasteiger partial charge on any atom is 0.146 e. The Morgan fingerprint density at radius 1 is 0.667 bits per heavy atom. The van der Waals surface area contributed by atoms with E-state index >= 15 is 0 Å². The second kappa shape index (κ2) is 4.73. The van der Waals surface area contributed by atoms with Crippen molar-refractivity contribution >= 4 is 0 Å². The lowest BCUT2D eigenvalue weighted by molar-refractivity contribution is 0.0367. The SMILES string of the molecule is C1COC1.C1COCO1. The van der Waals surface area contributed by atoms with Gasteiger partial charge in [0.15, 0.2) is 0 Å². The molecule has 54 valence electrons. The zero-order valence-electron chi connectivity index (χ0n) is 5.47. The van der Waals surface area contributed by atoms with Gasteiger partial charge in [0.05, 0.1) is 13.2 Å². The van der Waals surface area contributed by atoms with Gasteiger partial charge in [0.25, 0.3) is 0 Å². The molecule has 0 aromatic carbocycles.